The second-order valence-corrected chi connectivity index (χ2v) is 1.62. The highest BCUT2D eigenvalue weighted by atomic mass is 16.8. The van der Waals surface area contributed by atoms with E-state index in [2.05, 4.69) is 18.0 Å². The van der Waals surface area contributed by atoms with Crippen LogP contribution in [-0.4, -0.2) is 23.1 Å². The van der Waals surface area contributed by atoms with Crippen LogP contribution in [0.4, 0.5) is 0 Å². The number of hydrogen-bond donors (Lipinski definition) is 2. The lowest BCUT2D eigenvalue weighted by molar-refractivity contribution is -0.242. The summed E-state index contributed by atoms with van der Waals surface area (Å²) in [6.07, 6.45) is 1.73. The van der Waals surface area contributed by atoms with E-state index in [1.54, 1.807) is 6.08 Å². The molecular weight excluding hydrogens is 132 g/mol. The summed E-state index contributed by atoms with van der Waals surface area (Å²) in [5.74, 6) is 5.19. The number of hydroxylamine groups is 1. The molecule has 0 rings (SSSR count). The van der Waals surface area contributed by atoms with Gasteiger partial charge in [-0.1, -0.05) is 12.7 Å². The summed E-state index contributed by atoms with van der Waals surface area (Å²) in [7, 11) is 0. The predicted molar refractivity (Wildman–Crippen MR) is 38.4 cm³/mol. The van der Waals surface area contributed by atoms with Crippen molar-refractivity contribution in [3.05, 3.63) is 25.3 Å². The van der Waals surface area contributed by atoms with Gasteiger partial charge in [-0.15, -0.1) is 11.8 Å². The molecule has 0 aromatic heterocycles. The molecule has 0 aliphatic rings. The third kappa shape index (κ3) is 4.22. The van der Waals surface area contributed by atoms with Crippen molar-refractivity contribution in [1.82, 2.24) is 5.17 Å². The molecule has 0 bridgehead atoms. The van der Waals surface area contributed by atoms with E-state index in [4.69, 9.17) is 10.9 Å². The van der Waals surface area contributed by atoms with Crippen LogP contribution in [0.1, 0.15) is 0 Å². The number of aliphatic hydroxyl groups is 1. The summed E-state index contributed by atoms with van der Waals surface area (Å²) in [6, 6.07) is 0. The lowest BCUT2D eigenvalue weighted by Gasteiger charge is -2.15. The highest BCUT2D eigenvalue weighted by Gasteiger charge is 2.01. The van der Waals surface area contributed by atoms with E-state index in [0.717, 1.165) is 5.17 Å². The highest BCUT2D eigenvalue weighted by molar-refractivity contribution is 4.70. The Morgan fingerprint density at radius 2 is 2.30 bits per heavy atom. The summed E-state index contributed by atoms with van der Waals surface area (Å²) in [5.41, 5.74) is 0. The molecule has 4 heteroatoms. The van der Waals surface area contributed by atoms with Crippen LogP contribution in [0.2, 0.25) is 0 Å². The van der Waals surface area contributed by atoms with Gasteiger partial charge in [-0.2, -0.15) is 0 Å². The lowest BCUT2D eigenvalue weighted by atomic mass is 10.6. The topological polar surface area (TPSA) is 58.7 Å². The maximum atomic E-state index is 8.76. The number of hydrogen-bond acceptors (Lipinski definition) is 4. The molecule has 58 valence electrons. The van der Waals surface area contributed by atoms with E-state index < -0.39 is 6.29 Å². The molecule has 4 nitrogen and oxygen atoms in total. The minimum Gasteiger partial charge on any atom is -0.363 e. The standard InChI is InChI=1S/C6H12N2O2/c1-3-5-8(7)10-6(9)4-2/h3-4,6,9H,1-2,5,7H2. The molecule has 0 fully saturated rings. The van der Waals surface area contributed by atoms with Crippen molar-refractivity contribution in [2.75, 3.05) is 6.54 Å². The number of nitrogens with zero attached hydrogens (tertiary/aromatic N) is 1. The molecule has 0 spiro atoms. The van der Waals surface area contributed by atoms with E-state index in [0.29, 0.717) is 6.54 Å². The van der Waals surface area contributed by atoms with Gasteiger partial charge in [0.1, 0.15) is 0 Å². The Balaban J connectivity index is 3.45. The van der Waals surface area contributed by atoms with E-state index in [9.17, 15) is 0 Å². The van der Waals surface area contributed by atoms with Gasteiger partial charge >= 0.3 is 0 Å². The monoisotopic (exact) mass is 144 g/mol. The highest BCUT2D eigenvalue weighted by Crippen LogP contribution is 1.89. The van der Waals surface area contributed by atoms with Crippen LogP contribution in [0.5, 0.6) is 0 Å². The Morgan fingerprint density at radius 3 is 2.70 bits per heavy atom. The van der Waals surface area contributed by atoms with E-state index >= 15 is 0 Å². The normalized spacial score (nSPS) is 13.1. The van der Waals surface area contributed by atoms with Crippen LogP contribution in [0.15, 0.2) is 25.3 Å². The van der Waals surface area contributed by atoms with Crippen molar-refractivity contribution in [2.24, 2.45) is 5.84 Å². The summed E-state index contributed by atoms with van der Waals surface area (Å²) in [6.45, 7) is 7.07. The summed E-state index contributed by atoms with van der Waals surface area (Å²) in [5, 5.41) is 9.73. The van der Waals surface area contributed by atoms with Crippen molar-refractivity contribution in [3.8, 4) is 0 Å². The summed E-state index contributed by atoms with van der Waals surface area (Å²) < 4.78 is 0. The fraction of sp³-hybridized carbons (Fsp3) is 0.333. The molecule has 3 N–H and O–H groups in total. The molecule has 0 radical (unpaired) electrons. The summed E-state index contributed by atoms with van der Waals surface area (Å²) in [4.78, 5) is 4.62. The quantitative estimate of drug-likeness (QED) is 0.242. The fourth-order valence-electron chi connectivity index (χ4n) is 0.352. The second-order valence-electron chi connectivity index (χ2n) is 1.62. The van der Waals surface area contributed by atoms with Crippen LogP contribution in [0.25, 0.3) is 0 Å². The van der Waals surface area contributed by atoms with Crippen LogP contribution < -0.4 is 5.84 Å². The average Bonchev–Trinajstić information content (AvgIpc) is 1.88. The van der Waals surface area contributed by atoms with Gasteiger partial charge in [0, 0.05) is 0 Å². The molecule has 0 heterocycles. The Morgan fingerprint density at radius 1 is 1.70 bits per heavy atom. The second kappa shape index (κ2) is 5.13. The molecule has 0 aliphatic heterocycles. The maximum absolute atomic E-state index is 8.76. The third-order valence-electron chi connectivity index (χ3n) is 0.754. The zero-order valence-electron chi connectivity index (χ0n) is 5.73. The first-order chi connectivity index (χ1) is 4.70. The predicted octanol–water partition coefficient (Wildman–Crippen LogP) is -0.216. The van der Waals surface area contributed by atoms with Gasteiger partial charge in [-0.3, -0.25) is 0 Å². The first-order valence-electron chi connectivity index (χ1n) is 2.81. The molecule has 0 amide bonds. The molecule has 10 heavy (non-hydrogen) atoms. The van der Waals surface area contributed by atoms with Gasteiger partial charge < -0.3 is 5.11 Å². The molecule has 1 atom stereocenters. The first kappa shape index (κ1) is 9.32. The summed E-state index contributed by atoms with van der Waals surface area (Å²) >= 11 is 0. The fourth-order valence-corrected chi connectivity index (χ4v) is 0.352. The number of rotatable bonds is 5. The van der Waals surface area contributed by atoms with Crippen LogP contribution in [0.3, 0.4) is 0 Å². The van der Waals surface area contributed by atoms with Crippen molar-refractivity contribution >= 4 is 0 Å². The minimum absolute atomic E-state index is 0.352. The molecular formula is C6H12N2O2. The van der Waals surface area contributed by atoms with Gasteiger partial charge in [-0.05, 0) is 6.08 Å². The van der Waals surface area contributed by atoms with Gasteiger partial charge in [0.2, 0.25) is 0 Å². The largest absolute Gasteiger partial charge is 0.363 e. The maximum Gasteiger partial charge on any atom is 0.195 e. The smallest absolute Gasteiger partial charge is 0.195 e. The van der Waals surface area contributed by atoms with Crippen LogP contribution >= 0.6 is 0 Å². The molecule has 0 aromatic rings. The van der Waals surface area contributed by atoms with E-state index in [1.165, 1.54) is 6.08 Å². The zero-order valence-corrected chi connectivity index (χ0v) is 5.73. The molecule has 0 aliphatic carbocycles. The molecule has 0 saturated carbocycles. The van der Waals surface area contributed by atoms with Gasteiger partial charge in [0.05, 0.1) is 6.54 Å². The Kier molecular flexibility index (Phi) is 4.78. The number of nitrogens with two attached hydrogens (primary N) is 1. The Hall–Kier alpha value is -0.680. The molecule has 0 aromatic carbocycles. The van der Waals surface area contributed by atoms with Crippen LogP contribution in [0, 0.1) is 0 Å². The lowest BCUT2D eigenvalue weighted by Crippen LogP contribution is -2.34. The Bertz CT molecular complexity index is 116. The van der Waals surface area contributed by atoms with Crippen molar-refractivity contribution in [1.29, 1.82) is 0 Å². The van der Waals surface area contributed by atoms with E-state index in [1.807, 2.05) is 0 Å². The molecule has 1 unspecified atom stereocenters. The third-order valence-corrected chi connectivity index (χ3v) is 0.754. The first-order valence-corrected chi connectivity index (χ1v) is 2.81. The van der Waals surface area contributed by atoms with Crippen molar-refractivity contribution in [3.63, 3.8) is 0 Å². The van der Waals surface area contributed by atoms with Gasteiger partial charge in [0.15, 0.2) is 6.29 Å². The van der Waals surface area contributed by atoms with Crippen LogP contribution in [-0.2, 0) is 4.84 Å². The average molecular weight is 144 g/mol. The van der Waals surface area contributed by atoms with Crippen molar-refractivity contribution in [2.45, 2.75) is 6.29 Å². The zero-order chi connectivity index (χ0) is 7.98. The molecule has 0 saturated heterocycles. The Labute approximate surface area is 60.1 Å². The van der Waals surface area contributed by atoms with Gasteiger partial charge in [0.25, 0.3) is 0 Å². The minimum atomic E-state index is -1.05. The van der Waals surface area contributed by atoms with Gasteiger partial charge in [-0.25, -0.2) is 10.7 Å². The van der Waals surface area contributed by atoms with Crippen molar-refractivity contribution < 1.29 is 9.94 Å². The number of aliphatic hydroxyl groups excluding tert-OH is 1. The SMILES string of the molecule is C=CCN(N)OC(O)C=C. The van der Waals surface area contributed by atoms with E-state index in [-0.39, 0.29) is 0 Å². The number of hydrazine groups is 1.